The lowest BCUT2D eigenvalue weighted by atomic mass is 10.1. The largest absolute Gasteiger partial charge is 0.741 e. The van der Waals surface area contributed by atoms with Gasteiger partial charge in [0.2, 0.25) is 0 Å². The van der Waals surface area contributed by atoms with Crippen molar-refractivity contribution >= 4 is 10.1 Å². The van der Waals surface area contributed by atoms with Crippen LogP contribution in [0, 0.1) is 0 Å². The molecule has 1 aromatic rings. The summed E-state index contributed by atoms with van der Waals surface area (Å²) in [6.45, 7) is 3.43. The second-order valence-electron chi connectivity index (χ2n) is 4.43. The molecule has 0 saturated carbocycles. The number of aromatic nitrogens is 1. The van der Waals surface area contributed by atoms with Gasteiger partial charge in [-0.1, -0.05) is 32.3 Å². The summed E-state index contributed by atoms with van der Waals surface area (Å²) in [7, 11) is -6.09. The Morgan fingerprint density at radius 3 is 1.90 bits per heavy atom. The first-order valence-corrected chi connectivity index (χ1v) is 8.05. The average Bonchev–Trinajstić information content (AvgIpc) is 2.38. The minimum Gasteiger partial charge on any atom is -0.741 e. The highest BCUT2D eigenvalue weighted by molar-refractivity contribution is 7.86. The van der Waals surface area contributed by atoms with Crippen LogP contribution in [-0.4, -0.2) is 18.5 Å². The fraction of sp³-hybridized carbons (Fsp3) is 0.615. The SMILES string of the molecule is CCCCCCC[n+]1ccccc1.O=S(=O)([O-])C(F)(F)F. The molecule has 0 aliphatic heterocycles. The van der Waals surface area contributed by atoms with Crippen molar-refractivity contribution in [2.45, 2.75) is 51.1 Å². The van der Waals surface area contributed by atoms with Crippen LogP contribution in [0.5, 0.6) is 0 Å². The molecule has 1 heterocycles. The van der Waals surface area contributed by atoms with Gasteiger partial charge in [-0.15, -0.1) is 0 Å². The molecule has 0 fully saturated rings. The Labute approximate surface area is 123 Å². The molecule has 0 aliphatic rings. The summed E-state index contributed by atoms with van der Waals surface area (Å²) >= 11 is 0. The predicted molar refractivity (Wildman–Crippen MR) is 71.1 cm³/mol. The number of hydrogen-bond acceptors (Lipinski definition) is 3. The molecule has 8 heteroatoms. The first-order chi connectivity index (χ1) is 9.68. The van der Waals surface area contributed by atoms with Crippen molar-refractivity contribution < 1.29 is 30.7 Å². The second-order valence-corrected chi connectivity index (χ2v) is 5.80. The third-order valence-electron chi connectivity index (χ3n) is 2.58. The molecule has 0 radical (unpaired) electrons. The molecule has 0 unspecified atom stereocenters. The highest BCUT2D eigenvalue weighted by Crippen LogP contribution is 2.20. The molecule has 1 aromatic heterocycles. The summed E-state index contributed by atoms with van der Waals surface area (Å²) < 4.78 is 61.2. The minimum atomic E-state index is -6.09. The lowest BCUT2D eigenvalue weighted by molar-refractivity contribution is -0.697. The van der Waals surface area contributed by atoms with Crippen molar-refractivity contribution in [3.63, 3.8) is 0 Å². The monoisotopic (exact) mass is 327 g/mol. The normalized spacial score (nSPS) is 11.7. The maximum atomic E-state index is 10.7. The van der Waals surface area contributed by atoms with Gasteiger partial charge >= 0.3 is 5.51 Å². The van der Waals surface area contributed by atoms with Gasteiger partial charge in [0.05, 0.1) is 0 Å². The number of unbranched alkanes of at least 4 members (excludes halogenated alkanes) is 4. The van der Waals surface area contributed by atoms with Crippen molar-refractivity contribution in [2.24, 2.45) is 0 Å². The van der Waals surface area contributed by atoms with E-state index >= 15 is 0 Å². The zero-order valence-corrected chi connectivity index (χ0v) is 12.7. The highest BCUT2D eigenvalue weighted by Gasteiger charge is 2.36. The molecule has 21 heavy (non-hydrogen) atoms. The first kappa shape index (κ1) is 19.9. The third kappa shape index (κ3) is 10.3. The molecule has 0 N–H and O–H groups in total. The van der Waals surface area contributed by atoms with Gasteiger partial charge < -0.3 is 4.55 Å². The predicted octanol–water partition coefficient (Wildman–Crippen LogP) is 3.00. The van der Waals surface area contributed by atoms with Crippen molar-refractivity contribution in [1.29, 1.82) is 0 Å². The Hall–Kier alpha value is -1.15. The maximum Gasteiger partial charge on any atom is 0.485 e. The molecule has 0 aliphatic carbocycles. The van der Waals surface area contributed by atoms with Gasteiger partial charge in [0, 0.05) is 18.6 Å². The Bertz CT molecular complexity index is 475. The van der Waals surface area contributed by atoms with Crippen LogP contribution in [0.4, 0.5) is 13.2 Å². The Balaban J connectivity index is 0.000000433. The summed E-state index contributed by atoms with van der Waals surface area (Å²) in [6, 6.07) is 6.24. The van der Waals surface area contributed by atoms with Crippen LogP contribution in [0.15, 0.2) is 30.6 Å². The van der Waals surface area contributed by atoms with Crippen molar-refractivity contribution in [1.82, 2.24) is 0 Å². The van der Waals surface area contributed by atoms with E-state index in [9.17, 15) is 13.2 Å². The van der Waals surface area contributed by atoms with Gasteiger partial charge in [-0.2, -0.15) is 13.2 Å². The average molecular weight is 327 g/mol. The van der Waals surface area contributed by atoms with E-state index in [-0.39, 0.29) is 0 Å². The van der Waals surface area contributed by atoms with Crippen LogP contribution in [0.2, 0.25) is 0 Å². The van der Waals surface area contributed by atoms with Crippen LogP contribution in [0.3, 0.4) is 0 Å². The molecular weight excluding hydrogens is 307 g/mol. The Morgan fingerprint density at radius 2 is 1.48 bits per heavy atom. The fourth-order valence-corrected chi connectivity index (χ4v) is 1.48. The van der Waals surface area contributed by atoms with Gasteiger partial charge in [-0.3, -0.25) is 0 Å². The Kier molecular flexibility index (Phi) is 9.19. The molecule has 4 nitrogen and oxygen atoms in total. The van der Waals surface area contributed by atoms with Crippen molar-refractivity contribution in [2.75, 3.05) is 0 Å². The number of pyridine rings is 1. The van der Waals surface area contributed by atoms with Gasteiger partial charge in [-0.25, -0.2) is 13.0 Å². The lowest BCUT2D eigenvalue weighted by Crippen LogP contribution is -2.32. The summed E-state index contributed by atoms with van der Waals surface area (Å²) in [5.74, 6) is 0. The molecule has 0 spiro atoms. The second kappa shape index (κ2) is 9.73. The maximum absolute atomic E-state index is 10.7. The van der Waals surface area contributed by atoms with Crippen LogP contribution in [0.1, 0.15) is 39.0 Å². The van der Waals surface area contributed by atoms with Crippen LogP contribution in [-0.2, 0) is 16.7 Å². The standard InChI is InChI=1S/C12H20N.CHF3O3S/c1-2-3-4-5-7-10-13-11-8-6-9-12-13;2-1(3,4)8(5,6)7/h6,8-9,11-12H,2-5,7,10H2,1H3;(H,5,6,7)/q+1;/p-1. The molecule has 0 bridgehead atoms. The molecule has 0 aromatic carbocycles. The number of hydrogen-bond donors (Lipinski definition) is 0. The summed E-state index contributed by atoms with van der Waals surface area (Å²) in [5, 5.41) is 0. The van der Waals surface area contributed by atoms with Crippen molar-refractivity contribution in [3.8, 4) is 0 Å². The topological polar surface area (TPSA) is 61.1 Å². The molecule has 122 valence electrons. The highest BCUT2D eigenvalue weighted by atomic mass is 32.2. The number of aryl methyl sites for hydroxylation is 1. The first-order valence-electron chi connectivity index (χ1n) is 6.64. The molecule has 1 rings (SSSR count). The number of nitrogens with zero attached hydrogens (tertiary/aromatic N) is 1. The van der Waals surface area contributed by atoms with Gasteiger partial charge in [0.15, 0.2) is 22.5 Å². The zero-order valence-electron chi connectivity index (χ0n) is 11.8. The van der Waals surface area contributed by atoms with Crippen molar-refractivity contribution in [3.05, 3.63) is 30.6 Å². The summed E-state index contributed by atoms with van der Waals surface area (Å²) in [6.07, 6.45) is 11.1. The van der Waals surface area contributed by atoms with Crippen LogP contribution >= 0.6 is 0 Å². The number of rotatable bonds is 6. The van der Waals surface area contributed by atoms with Crippen LogP contribution < -0.4 is 4.57 Å². The van der Waals surface area contributed by atoms with E-state index in [0.29, 0.717) is 0 Å². The van der Waals surface area contributed by atoms with E-state index < -0.39 is 15.6 Å². The lowest BCUT2D eigenvalue weighted by Gasteiger charge is -2.08. The Morgan fingerprint density at radius 1 is 1.00 bits per heavy atom. The fourth-order valence-electron chi connectivity index (χ4n) is 1.48. The zero-order chi connectivity index (χ0) is 16.4. The molecule has 0 amide bonds. The number of halogens is 3. The van der Waals surface area contributed by atoms with E-state index in [1.165, 1.54) is 38.6 Å². The minimum absolute atomic E-state index is 1.17. The molecule has 0 atom stereocenters. The molecule has 0 saturated heterocycles. The summed E-state index contributed by atoms with van der Waals surface area (Å²) in [5.41, 5.74) is -5.65. The molecular formula is C13H20F3NO3S. The number of alkyl halides is 3. The quantitative estimate of drug-likeness (QED) is 0.349. The van der Waals surface area contributed by atoms with Gasteiger partial charge in [0.25, 0.3) is 0 Å². The van der Waals surface area contributed by atoms with E-state index in [1.807, 2.05) is 0 Å². The van der Waals surface area contributed by atoms with E-state index in [2.05, 4.69) is 42.1 Å². The van der Waals surface area contributed by atoms with E-state index in [1.54, 1.807) is 0 Å². The van der Waals surface area contributed by atoms with E-state index in [4.69, 9.17) is 13.0 Å². The summed E-state index contributed by atoms with van der Waals surface area (Å²) in [4.78, 5) is 0. The smallest absolute Gasteiger partial charge is 0.485 e. The van der Waals surface area contributed by atoms with Gasteiger partial charge in [0.1, 0.15) is 6.54 Å². The third-order valence-corrected chi connectivity index (χ3v) is 3.15. The van der Waals surface area contributed by atoms with Crippen LogP contribution in [0.25, 0.3) is 0 Å². The van der Waals surface area contributed by atoms with E-state index in [0.717, 1.165) is 0 Å². The van der Waals surface area contributed by atoms with Gasteiger partial charge in [-0.05, 0) is 6.42 Å².